The topological polar surface area (TPSA) is 56.0 Å². The van der Waals surface area contributed by atoms with E-state index in [1.807, 2.05) is 51.1 Å². The van der Waals surface area contributed by atoms with Gasteiger partial charge in [0.15, 0.2) is 0 Å². The number of hydrogen-bond donors (Lipinski definition) is 0. The number of aromatic nitrogens is 2. The molecule has 0 amide bonds. The van der Waals surface area contributed by atoms with Gasteiger partial charge in [0.2, 0.25) is 5.82 Å². The third-order valence-corrected chi connectivity index (χ3v) is 3.90. The Labute approximate surface area is 128 Å². The average Bonchev–Trinajstić information content (AvgIpc) is 2.88. The van der Waals surface area contributed by atoms with Crippen LogP contribution in [0.25, 0.3) is 16.9 Å². The molecule has 0 unspecified atom stereocenters. The molecule has 3 rings (SSSR count). The van der Waals surface area contributed by atoms with Crippen molar-refractivity contribution >= 4 is 11.5 Å². The lowest BCUT2D eigenvalue weighted by Crippen LogP contribution is -1.92. The molecule has 22 heavy (non-hydrogen) atoms. The number of imidazole rings is 1. The molecule has 0 spiro atoms. The summed E-state index contributed by atoms with van der Waals surface area (Å²) in [4.78, 5) is 16.0. The van der Waals surface area contributed by atoms with Crippen molar-refractivity contribution in [2.45, 2.75) is 20.8 Å². The Hall–Kier alpha value is -2.69. The lowest BCUT2D eigenvalue weighted by atomic mass is 10.0. The fourth-order valence-corrected chi connectivity index (χ4v) is 2.77. The standard InChI is InChI=1S/C17H17N3O2/c1-10-9-14(22-4)11(2)8-13(10)16-17(19-21)20-12(3)6-5-7-15(20)18-16/h5-9H,1-4H3. The van der Waals surface area contributed by atoms with Gasteiger partial charge in [0.25, 0.3) is 0 Å². The highest BCUT2D eigenvalue weighted by molar-refractivity contribution is 5.78. The second kappa shape index (κ2) is 5.26. The third-order valence-electron chi connectivity index (χ3n) is 3.90. The molecule has 0 N–H and O–H groups in total. The third kappa shape index (κ3) is 2.06. The number of fused-ring (bicyclic) bond motifs is 1. The molecule has 0 aliphatic heterocycles. The van der Waals surface area contributed by atoms with Crippen molar-refractivity contribution < 1.29 is 4.74 Å². The Kier molecular flexibility index (Phi) is 3.41. The summed E-state index contributed by atoms with van der Waals surface area (Å²) in [5, 5.41) is 3.23. The van der Waals surface area contributed by atoms with Gasteiger partial charge in [-0.15, -0.1) is 4.91 Å². The Morgan fingerprint density at radius 1 is 1.14 bits per heavy atom. The zero-order valence-electron chi connectivity index (χ0n) is 13.0. The molecule has 0 bridgehead atoms. The first kappa shape index (κ1) is 14.3. The SMILES string of the molecule is COc1cc(C)c(-c2nc3cccc(C)n3c2N=O)cc1C. The number of rotatable bonds is 3. The van der Waals surface area contributed by atoms with Gasteiger partial charge in [-0.25, -0.2) is 4.98 Å². The number of aryl methyl sites for hydroxylation is 3. The molecule has 5 nitrogen and oxygen atoms in total. The van der Waals surface area contributed by atoms with Crippen LogP contribution in [0.5, 0.6) is 5.75 Å². The lowest BCUT2D eigenvalue weighted by Gasteiger charge is -2.10. The first-order chi connectivity index (χ1) is 10.6. The van der Waals surface area contributed by atoms with E-state index in [1.165, 1.54) is 0 Å². The minimum Gasteiger partial charge on any atom is -0.496 e. The zero-order valence-corrected chi connectivity index (χ0v) is 13.0. The van der Waals surface area contributed by atoms with Crippen molar-refractivity contribution in [3.63, 3.8) is 0 Å². The molecule has 112 valence electrons. The molecule has 0 atom stereocenters. The highest BCUT2D eigenvalue weighted by Crippen LogP contribution is 2.36. The van der Waals surface area contributed by atoms with Crippen LogP contribution in [0.1, 0.15) is 16.8 Å². The van der Waals surface area contributed by atoms with E-state index in [1.54, 1.807) is 11.5 Å². The monoisotopic (exact) mass is 295 g/mol. The van der Waals surface area contributed by atoms with Crippen LogP contribution in [0.2, 0.25) is 0 Å². The molecular weight excluding hydrogens is 278 g/mol. The minimum absolute atomic E-state index is 0.334. The van der Waals surface area contributed by atoms with Crippen LogP contribution in [-0.2, 0) is 0 Å². The fraction of sp³-hybridized carbons (Fsp3) is 0.235. The number of hydrogen-bond acceptors (Lipinski definition) is 4. The molecular formula is C17H17N3O2. The Bertz CT molecular complexity index is 881. The average molecular weight is 295 g/mol. The van der Waals surface area contributed by atoms with E-state index in [2.05, 4.69) is 10.2 Å². The van der Waals surface area contributed by atoms with Crippen LogP contribution >= 0.6 is 0 Å². The van der Waals surface area contributed by atoms with Gasteiger partial charge in [0, 0.05) is 11.3 Å². The molecule has 3 aromatic rings. The Morgan fingerprint density at radius 3 is 2.59 bits per heavy atom. The van der Waals surface area contributed by atoms with E-state index >= 15 is 0 Å². The number of methoxy groups -OCH3 is 1. The van der Waals surface area contributed by atoms with Gasteiger partial charge in [-0.3, -0.25) is 4.40 Å². The van der Waals surface area contributed by atoms with Crippen LogP contribution in [0.3, 0.4) is 0 Å². The minimum atomic E-state index is 0.334. The quantitative estimate of drug-likeness (QED) is 0.676. The van der Waals surface area contributed by atoms with Gasteiger partial charge in [-0.2, -0.15) is 0 Å². The van der Waals surface area contributed by atoms with Gasteiger partial charge in [0.05, 0.1) is 7.11 Å². The lowest BCUT2D eigenvalue weighted by molar-refractivity contribution is 0.411. The number of pyridine rings is 1. The normalized spacial score (nSPS) is 10.9. The van der Waals surface area contributed by atoms with Gasteiger partial charge in [-0.05, 0) is 61.3 Å². The van der Waals surface area contributed by atoms with Gasteiger partial charge in [-0.1, -0.05) is 6.07 Å². The summed E-state index contributed by atoms with van der Waals surface area (Å²) in [6.45, 7) is 5.87. The second-order valence-electron chi connectivity index (χ2n) is 5.37. The molecule has 2 aromatic heterocycles. The van der Waals surface area contributed by atoms with E-state index < -0.39 is 0 Å². The fourth-order valence-electron chi connectivity index (χ4n) is 2.77. The van der Waals surface area contributed by atoms with Crippen molar-refractivity contribution in [1.29, 1.82) is 0 Å². The number of ether oxygens (including phenoxy) is 1. The zero-order chi connectivity index (χ0) is 15.9. The molecule has 0 saturated heterocycles. The molecule has 0 aliphatic rings. The van der Waals surface area contributed by atoms with Crippen molar-refractivity contribution in [3.05, 3.63) is 52.1 Å². The highest BCUT2D eigenvalue weighted by Gasteiger charge is 2.18. The number of nitroso groups, excluding NO2 is 1. The van der Waals surface area contributed by atoms with E-state index in [-0.39, 0.29) is 0 Å². The van der Waals surface area contributed by atoms with Crippen molar-refractivity contribution in [2.24, 2.45) is 5.18 Å². The first-order valence-electron chi connectivity index (χ1n) is 7.04. The Morgan fingerprint density at radius 2 is 1.91 bits per heavy atom. The highest BCUT2D eigenvalue weighted by atomic mass is 16.5. The van der Waals surface area contributed by atoms with Gasteiger partial charge in [0.1, 0.15) is 17.1 Å². The molecule has 1 aromatic carbocycles. The summed E-state index contributed by atoms with van der Waals surface area (Å²) < 4.78 is 7.12. The maximum absolute atomic E-state index is 11.4. The number of benzene rings is 1. The molecule has 0 fully saturated rings. The predicted molar refractivity (Wildman–Crippen MR) is 86.8 cm³/mol. The summed E-state index contributed by atoms with van der Waals surface area (Å²) in [6.07, 6.45) is 0. The van der Waals surface area contributed by atoms with E-state index in [9.17, 15) is 4.91 Å². The van der Waals surface area contributed by atoms with Crippen molar-refractivity contribution in [1.82, 2.24) is 9.38 Å². The summed E-state index contributed by atoms with van der Waals surface area (Å²) in [7, 11) is 1.65. The number of nitrogens with zero attached hydrogens (tertiary/aromatic N) is 3. The molecule has 0 saturated carbocycles. The predicted octanol–water partition coefficient (Wildman–Crippen LogP) is 4.33. The maximum atomic E-state index is 11.4. The van der Waals surface area contributed by atoms with Crippen molar-refractivity contribution in [3.8, 4) is 17.0 Å². The maximum Gasteiger partial charge on any atom is 0.209 e. The van der Waals surface area contributed by atoms with Gasteiger partial charge >= 0.3 is 0 Å². The molecule has 5 heteroatoms. The van der Waals surface area contributed by atoms with Crippen LogP contribution < -0.4 is 4.74 Å². The largest absolute Gasteiger partial charge is 0.496 e. The van der Waals surface area contributed by atoms with Crippen LogP contribution in [-0.4, -0.2) is 16.5 Å². The van der Waals surface area contributed by atoms with E-state index in [0.29, 0.717) is 11.5 Å². The smallest absolute Gasteiger partial charge is 0.209 e. The van der Waals surface area contributed by atoms with Crippen LogP contribution in [0.15, 0.2) is 35.5 Å². The first-order valence-corrected chi connectivity index (χ1v) is 7.04. The summed E-state index contributed by atoms with van der Waals surface area (Å²) >= 11 is 0. The van der Waals surface area contributed by atoms with Gasteiger partial charge < -0.3 is 4.74 Å². The molecule has 0 aliphatic carbocycles. The molecule has 0 radical (unpaired) electrons. The second-order valence-corrected chi connectivity index (χ2v) is 5.37. The van der Waals surface area contributed by atoms with Crippen molar-refractivity contribution in [2.75, 3.05) is 7.11 Å². The molecule has 2 heterocycles. The van der Waals surface area contributed by atoms with Crippen LogP contribution in [0, 0.1) is 25.7 Å². The van der Waals surface area contributed by atoms with E-state index in [4.69, 9.17) is 4.74 Å². The summed E-state index contributed by atoms with van der Waals surface area (Å²) in [6, 6.07) is 9.66. The van der Waals surface area contributed by atoms with Crippen LogP contribution in [0.4, 0.5) is 5.82 Å². The summed E-state index contributed by atoms with van der Waals surface area (Å²) in [5.41, 5.74) is 5.14. The Balaban J connectivity index is 2.34. The summed E-state index contributed by atoms with van der Waals surface area (Å²) in [5.74, 6) is 1.16. The van der Waals surface area contributed by atoms with E-state index in [0.717, 1.165) is 33.8 Å².